The van der Waals surface area contributed by atoms with E-state index in [0.29, 0.717) is 31.0 Å². The minimum Gasteiger partial charge on any atom is -0.489 e. The molecule has 30 heavy (non-hydrogen) atoms. The van der Waals surface area contributed by atoms with Gasteiger partial charge in [0, 0.05) is 37.6 Å². The number of nitrogens with one attached hydrogen (secondary N) is 1. The highest BCUT2D eigenvalue weighted by molar-refractivity contribution is 5.95. The van der Waals surface area contributed by atoms with Crippen LogP contribution < -0.4 is 10.1 Å². The van der Waals surface area contributed by atoms with Crippen LogP contribution in [0.25, 0.3) is 0 Å². The average molecular weight is 429 g/mol. The van der Waals surface area contributed by atoms with E-state index >= 15 is 0 Å². The first-order chi connectivity index (χ1) is 14.1. The first-order valence-electron chi connectivity index (χ1n) is 9.69. The van der Waals surface area contributed by atoms with Crippen LogP contribution in [0.2, 0.25) is 0 Å². The molecule has 0 radical (unpaired) electrons. The summed E-state index contributed by atoms with van der Waals surface area (Å²) in [4.78, 5) is 19.4. The Morgan fingerprint density at radius 1 is 1.30 bits per heavy atom. The summed E-state index contributed by atoms with van der Waals surface area (Å²) in [5.74, 6) is 1.38. The van der Waals surface area contributed by atoms with E-state index in [1.165, 1.54) is 0 Å². The standard InChI is InChI=1S/C22H24N4O3.ClH/c1-15-20(16(2)29-25-15)14-28-19-7-3-5-17(11-19)22(27)26-10-9-24-13-21(26)18-6-4-8-23-12-18;/h3-8,11-12,21,24H,9-10,13-14H2,1-2H3;1H. The van der Waals surface area contributed by atoms with Crippen molar-refractivity contribution in [1.82, 2.24) is 20.4 Å². The van der Waals surface area contributed by atoms with Gasteiger partial charge in [-0.1, -0.05) is 17.3 Å². The number of nitrogens with zero attached hydrogens (tertiary/aromatic N) is 3. The molecule has 1 atom stereocenters. The summed E-state index contributed by atoms with van der Waals surface area (Å²) in [6.07, 6.45) is 3.56. The Labute approximate surface area is 181 Å². The number of benzene rings is 1. The van der Waals surface area contributed by atoms with Crippen molar-refractivity contribution in [2.24, 2.45) is 0 Å². The molecule has 0 saturated carbocycles. The highest BCUT2D eigenvalue weighted by Gasteiger charge is 2.28. The summed E-state index contributed by atoms with van der Waals surface area (Å²) in [5, 5.41) is 7.31. The van der Waals surface area contributed by atoms with Crippen molar-refractivity contribution in [3.8, 4) is 5.75 Å². The minimum absolute atomic E-state index is 0. The second kappa shape index (κ2) is 9.73. The first-order valence-corrected chi connectivity index (χ1v) is 9.69. The maximum Gasteiger partial charge on any atom is 0.254 e. The summed E-state index contributed by atoms with van der Waals surface area (Å²) in [7, 11) is 0. The number of hydrogen-bond acceptors (Lipinski definition) is 6. The zero-order valence-electron chi connectivity index (χ0n) is 17.0. The summed E-state index contributed by atoms with van der Waals surface area (Å²) in [6.45, 7) is 6.22. The lowest BCUT2D eigenvalue weighted by Gasteiger charge is -2.36. The predicted molar refractivity (Wildman–Crippen MR) is 115 cm³/mol. The second-order valence-electron chi connectivity index (χ2n) is 7.12. The third-order valence-corrected chi connectivity index (χ3v) is 5.22. The molecule has 7 nitrogen and oxygen atoms in total. The maximum atomic E-state index is 13.3. The molecule has 1 aliphatic rings. The number of rotatable bonds is 5. The van der Waals surface area contributed by atoms with Crippen molar-refractivity contribution in [2.45, 2.75) is 26.5 Å². The Hall–Kier alpha value is -2.90. The van der Waals surface area contributed by atoms with Crippen LogP contribution in [0, 0.1) is 13.8 Å². The molecule has 1 amide bonds. The van der Waals surface area contributed by atoms with Gasteiger partial charge in [-0.15, -0.1) is 12.4 Å². The summed E-state index contributed by atoms with van der Waals surface area (Å²) >= 11 is 0. The monoisotopic (exact) mass is 428 g/mol. The van der Waals surface area contributed by atoms with Gasteiger partial charge in [0.25, 0.3) is 5.91 Å². The second-order valence-corrected chi connectivity index (χ2v) is 7.12. The molecule has 3 aromatic rings. The van der Waals surface area contributed by atoms with Crippen LogP contribution in [0.1, 0.15) is 39.0 Å². The molecule has 1 aromatic carbocycles. The molecule has 0 aliphatic carbocycles. The van der Waals surface area contributed by atoms with Gasteiger partial charge in [0.05, 0.1) is 17.3 Å². The number of halogens is 1. The van der Waals surface area contributed by atoms with Crippen LogP contribution in [0.5, 0.6) is 5.75 Å². The van der Waals surface area contributed by atoms with Crippen molar-refractivity contribution in [3.05, 3.63) is 76.9 Å². The Kier molecular flexibility index (Phi) is 7.07. The number of carbonyl (C=O) groups is 1. The topological polar surface area (TPSA) is 80.5 Å². The van der Waals surface area contributed by atoms with Crippen molar-refractivity contribution >= 4 is 18.3 Å². The highest BCUT2D eigenvalue weighted by atomic mass is 35.5. The molecule has 1 unspecified atom stereocenters. The highest BCUT2D eigenvalue weighted by Crippen LogP contribution is 2.25. The fraction of sp³-hybridized carbons (Fsp3) is 0.318. The van der Waals surface area contributed by atoms with E-state index in [4.69, 9.17) is 9.26 Å². The molecule has 0 bridgehead atoms. The number of aryl methyl sites for hydroxylation is 2. The van der Waals surface area contributed by atoms with Crippen LogP contribution in [-0.4, -0.2) is 40.6 Å². The van der Waals surface area contributed by atoms with E-state index < -0.39 is 0 Å². The molecule has 1 saturated heterocycles. The number of amides is 1. The van der Waals surface area contributed by atoms with Gasteiger partial charge < -0.3 is 19.5 Å². The fourth-order valence-electron chi connectivity index (χ4n) is 3.57. The van der Waals surface area contributed by atoms with Crippen molar-refractivity contribution in [1.29, 1.82) is 0 Å². The van der Waals surface area contributed by atoms with E-state index in [1.807, 2.05) is 55.3 Å². The van der Waals surface area contributed by atoms with Crippen LogP contribution in [-0.2, 0) is 6.61 Å². The van der Waals surface area contributed by atoms with Crippen molar-refractivity contribution in [2.75, 3.05) is 19.6 Å². The van der Waals surface area contributed by atoms with E-state index in [9.17, 15) is 4.79 Å². The van der Waals surface area contributed by atoms with E-state index in [-0.39, 0.29) is 24.4 Å². The summed E-state index contributed by atoms with van der Waals surface area (Å²) in [6, 6.07) is 11.2. The first kappa shape index (κ1) is 21.8. The number of pyridine rings is 1. The predicted octanol–water partition coefficient (Wildman–Crippen LogP) is 3.47. The molecular weight excluding hydrogens is 404 g/mol. The molecule has 8 heteroatoms. The quantitative estimate of drug-likeness (QED) is 0.670. The number of ether oxygens (including phenoxy) is 1. The third-order valence-electron chi connectivity index (χ3n) is 5.22. The van der Waals surface area contributed by atoms with Gasteiger partial charge in [0.2, 0.25) is 0 Å². The largest absolute Gasteiger partial charge is 0.489 e. The van der Waals surface area contributed by atoms with Crippen molar-refractivity contribution < 1.29 is 14.1 Å². The molecule has 3 heterocycles. The van der Waals surface area contributed by atoms with E-state index in [1.54, 1.807) is 12.3 Å². The van der Waals surface area contributed by atoms with Crippen LogP contribution in [0.15, 0.2) is 53.3 Å². The Bertz CT molecular complexity index is 974. The summed E-state index contributed by atoms with van der Waals surface area (Å²) < 4.78 is 11.1. The minimum atomic E-state index is -0.0446. The van der Waals surface area contributed by atoms with Crippen LogP contribution in [0.4, 0.5) is 0 Å². The average Bonchev–Trinajstić information content (AvgIpc) is 3.10. The molecule has 2 aromatic heterocycles. The zero-order chi connectivity index (χ0) is 20.2. The smallest absolute Gasteiger partial charge is 0.254 e. The maximum absolute atomic E-state index is 13.3. The van der Waals surface area contributed by atoms with Gasteiger partial charge in [0.1, 0.15) is 18.1 Å². The molecule has 4 rings (SSSR count). The SMILES string of the molecule is Cc1noc(C)c1COc1cccc(C(=O)N2CCNCC2c2cccnc2)c1.Cl. The zero-order valence-corrected chi connectivity index (χ0v) is 17.8. The number of piperazine rings is 1. The number of carbonyl (C=O) groups excluding carboxylic acids is 1. The third kappa shape index (κ3) is 4.63. The van der Waals surface area contributed by atoms with Crippen molar-refractivity contribution in [3.63, 3.8) is 0 Å². The van der Waals surface area contributed by atoms with Gasteiger partial charge in [-0.2, -0.15) is 0 Å². The lowest BCUT2D eigenvalue weighted by atomic mass is 10.0. The molecule has 1 aliphatic heterocycles. The van der Waals surface area contributed by atoms with Gasteiger partial charge in [-0.25, -0.2) is 0 Å². The Morgan fingerprint density at radius 2 is 2.17 bits per heavy atom. The lowest BCUT2D eigenvalue weighted by molar-refractivity contribution is 0.0633. The molecule has 1 fully saturated rings. The molecular formula is C22H25ClN4O3. The number of hydrogen-bond donors (Lipinski definition) is 1. The lowest BCUT2D eigenvalue weighted by Crippen LogP contribution is -2.48. The van der Waals surface area contributed by atoms with E-state index in [2.05, 4.69) is 15.5 Å². The van der Waals surface area contributed by atoms with E-state index in [0.717, 1.165) is 29.1 Å². The van der Waals surface area contributed by atoms with Gasteiger partial charge in [0.15, 0.2) is 0 Å². The van der Waals surface area contributed by atoms with Gasteiger partial charge in [-0.05, 0) is 43.7 Å². The Morgan fingerprint density at radius 3 is 2.90 bits per heavy atom. The summed E-state index contributed by atoms with van der Waals surface area (Å²) in [5.41, 5.74) is 3.38. The molecule has 0 spiro atoms. The van der Waals surface area contributed by atoms with Crippen LogP contribution >= 0.6 is 12.4 Å². The molecule has 158 valence electrons. The molecule has 1 N–H and O–H groups in total. The van der Waals surface area contributed by atoms with Crippen LogP contribution in [0.3, 0.4) is 0 Å². The van der Waals surface area contributed by atoms with Gasteiger partial charge >= 0.3 is 0 Å². The Balaban J connectivity index is 0.00000256. The number of aromatic nitrogens is 2. The van der Waals surface area contributed by atoms with Gasteiger partial charge in [-0.3, -0.25) is 9.78 Å². The normalized spacial score (nSPS) is 16.1. The fourth-order valence-corrected chi connectivity index (χ4v) is 3.57.